The van der Waals surface area contributed by atoms with Crippen molar-refractivity contribution in [3.05, 3.63) is 35.6 Å². The molecule has 1 saturated heterocycles. The summed E-state index contributed by atoms with van der Waals surface area (Å²) in [7, 11) is 0. The molecule has 0 bridgehead atoms. The minimum atomic E-state index is -0.521. The Bertz CT molecular complexity index is 707. The molecule has 6 heteroatoms. The van der Waals surface area contributed by atoms with Gasteiger partial charge in [-0.25, -0.2) is 0 Å². The topological polar surface area (TPSA) is 77.5 Å². The molecule has 5 nitrogen and oxygen atoms in total. The van der Waals surface area contributed by atoms with E-state index in [1.807, 2.05) is 38.1 Å². The van der Waals surface area contributed by atoms with E-state index in [2.05, 4.69) is 5.32 Å². The van der Waals surface area contributed by atoms with Gasteiger partial charge in [-0.3, -0.25) is 4.79 Å². The van der Waals surface area contributed by atoms with Crippen molar-refractivity contribution in [2.24, 2.45) is 11.1 Å². The number of nitrogens with one attached hydrogen (secondary N) is 1. The van der Waals surface area contributed by atoms with Gasteiger partial charge in [0.05, 0.1) is 11.5 Å². The average molecular weight is 353 g/mol. The highest BCUT2D eigenvalue weighted by Crippen LogP contribution is 2.33. The van der Waals surface area contributed by atoms with Crippen molar-refractivity contribution in [3.63, 3.8) is 0 Å². The van der Waals surface area contributed by atoms with Crippen LogP contribution in [0.15, 0.2) is 28.7 Å². The standard InChI is InChI=1S/C18H24N2O3.ClH/c1-12-14-5-3-4-6-15(14)23-16(12)13(2)20-17(21)18(11-19)7-9-22-10-8-18;/h3-6,13H,7-11,19H2,1-2H3,(H,20,21);1H. The Kier molecular flexibility index (Phi) is 5.91. The number of rotatable bonds is 4. The van der Waals surface area contributed by atoms with Crippen LogP contribution in [-0.4, -0.2) is 25.7 Å². The minimum Gasteiger partial charge on any atom is -0.459 e. The molecule has 1 amide bonds. The highest BCUT2D eigenvalue weighted by Gasteiger charge is 2.39. The van der Waals surface area contributed by atoms with Crippen LogP contribution in [0.1, 0.15) is 37.1 Å². The van der Waals surface area contributed by atoms with Crippen LogP contribution < -0.4 is 11.1 Å². The van der Waals surface area contributed by atoms with E-state index >= 15 is 0 Å². The highest BCUT2D eigenvalue weighted by molar-refractivity contribution is 5.85. The first-order valence-electron chi connectivity index (χ1n) is 8.14. The third-order valence-corrected chi connectivity index (χ3v) is 4.94. The van der Waals surface area contributed by atoms with Gasteiger partial charge >= 0.3 is 0 Å². The number of amides is 1. The van der Waals surface area contributed by atoms with Gasteiger partial charge in [0.15, 0.2) is 0 Å². The molecule has 0 radical (unpaired) electrons. The second kappa shape index (κ2) is 7.55. The average Bonchev–Trinajstić information content (AvgIpc) is 2.93. The molecule has 24 heavy (non-hydrogen) atoms. The van der Waals surface area contributed by atoms with E-state index in [9.17, 15) is 4.79 Å². The lowest BCUT2D eigenvalue weighted by atomic mass is 9.79. The predicted octanol–water partition coefficient (Wildman–Crippen LogP) is 3.10. The molecule has 1 aliphatic heterocycles. The second-order valence-electron chi connectivity index (χ2n) is 6.38. The van der Waals surface area contributed by atoms with Crippen molar-refractivity contribution in [3.8, 4) is 0 Å². The van der Waals surface area contributed by atoms with Crippen LogP contribution in [-0.2, 0) is 9.53 Å². The fraction of sp³-hybridized carbons (Fsp3) is 0.500. The molecule has 0 aliphatic carbocycles. The molecule has 2 heterocycles. The van der Waals surface area contributed by atoms with Crippen molar-refractivity contribution in [1.82, 2.24) is 5.32 Å². The van der Waals surface area contributed by atoms with Crippen LogP contribution >= 0.6 is 12.4 Å². The summed E-state index contributed by atoms with van der Waals surface area (Å²) in [6.45, 7) is 5.49. The van der Waals surface area contributed by atoms with Crippen LogP contribution in [0.4, 0.5) is 0 Å². The third-order valence-electron chi connectivity index (χ3n) is 4.94. The van der Waals surface area contributed by atoms with Gasteiger partial charge in [-0.05, 0) is 32.8 Å². The number of para-hydroxylation sites is 1. The van der Waals surface area contributed by atoms with Gasteiger partial charge in [0.25, 0.3) is 0 Å². The van der Waals surface area contributed by atoms with Crippen LogP contribution in [0, 0.1) is 12.3 Å². The summed E-state index contributed by atoms with van der Waals surface area (Å²) >= 11 is 0. The van der Waals surface area contributed by atoms with Crippen LogP contribution in [0.5, 0.6) is 0 Å². The smallest absolute Gasteiger partial charge is 0.228 e. The molecule has 0 spiro atoms. The van der Waals surface area contributed by atoms with E-state index in [1.54, 1.807) is 0 Å². The number of hydrogen-bond donors (Lipinski definition) is 2. The van der Waals surface area contributed by atoms with Gasteiger partial charge in [-0.15, -0.1) is 12.4 Å². The number of benzene rings is 1. The van der Waals surface area contributed by atoms with Crippen molar-refractivity contribution < 1.29 is 13.9 Å². The Morgan fingerprint density at radius 3 is 2.62 bits per heavy atom. The highest BCUT2D eigenvalue weighted by atomic mass is 35.5. The lowest BCUT2D eigenvalue weighted by molar-refractivity contribution is -0.136. The number of carbonyl (C=O) groups excluding carboxylic acids is 1. The summed E-state index contributed by atoms with van der Waals surface area (Å²) in [5.74, 6) is 0.800. The zero-order chi connectivity index (χ0) is 16.4. The van der Waals surface area contributed by atoms with Gasteiger partial charge in [0, 0.05) is 30.7 Å². The maximum atomic E-state index is 12.8. The predicted molar refractivity (Wildman–Crippen MR) is 96.3 cm³/mol. The molecule has 1 fully saturated rings. The van der Waals surface area contributed by atoms with Gasteiger partial charge < -0.3 is 20.2 Å². The number of hydrogen-bond acceptors (Lipinski definition) is 4. The Balaban J connectivity index is 0.00000208. The van der Waals surface area contributed by atoms with Crippen LogP contribution in [0.2, 0.25) is 0 Å². The minimum absolute atomic E-state index is 0. The van der Waals surface area contributed by atoms with Crippen LogP contribution in [0.3, 0.4) is 0 Å². The van der Waals surface area contributed by atoms with E-state index in [0.29, 0.717) is 32.6 Å². The quantitative estimate of drug-likeness (QED) is 0.886. The molecule has 2 aromatic rings. The Labute approximate surface area is 148 Å². The first kappa shape index (κ1) is 18.8. The molecule has 0 saturated carbocycles. The molecular formula is C18H25ClN2O3. The molecule has 3 N–H and O–H groups in total. The summed E-state index contributed by atoms with van der Waals surface area (Å²) in [6, 6.07) is 7.72. The molecule has 1 aliphatic rings. The summed E-state index contributed by atoms with van der Waals surface area (Å²) in [5.41, 5.74) is 7.30. The number of ether oxygens (including phenoxy) is 1. The summed E-state index contributed by atoms with van der Waals surface area (Å²) in [4.78, 5) is 12.8. The molecule has 1 atom stereocenters. The largest absolute Gasteiger partial charge is 0.459 e. The Hall–Kier alpha value is -1.56. The molecule has 1 aromatic heterocycles. The number of carbonyl (C=O) groups is 1. The molecular weight excluding hydrogens is 328 g/mol. The molecule has 1 unspecified atom stereocenters. The molecule has 3 rings (SSSR count). The first-order valence-corrected chi connectivity index (χ1v) is 8.14. The summed E-state index contributed by atoms with van der Waals surface area (Å²) in [5, 5.41) is 4.18. The van der Waals surface area contributed by atoms with Gasteiger partial charge in [-0.2, -0.15) is 0 Å². The van der Waals surface area contributed by atoms with Gasteiger partial charge in [0.1, 0.15) is 11.3 Å². The van der Waals surface area contributed by atoms with Crippen molar-refractivity contribution in [2.75, 3.05) is 19.8 Å². The number of nitrogens with two attached hydrogens (primary N) is 1. The zero-order valence-corrected chi connectivity index (χ0v) is 14.9. The maximum absolute atomic E-state index is 12.8. The van der Waals surface area contributed by atoms with Crippen molar-refractivity contribution in [2.45, 2.75) is 32.7 Å². The Morgan fingerprint density at radius 1 is 1.33 bits per heavy atom. The van der Waals surface area contributed by atoms with E-state index in [-0.39, 0.29) is 24.4 Å². The van der Waals surface area contributed by atoms with Crippen molar-refractivity contribution in [1.29, 1.82) is 0 Å². The third kappa shape index (κ3) is 3.29. The van der Waals surface area contributed by atoms with Gasteiger partial charge in [-0.1, -0.05) is 18.2 Å². The normalized spacial score (nSPS) is 18.0. The number of aryl methyl sites for hydroxylation is 1. The fourth-order valence-corrected chi connectivity index (χ4v) is 3.31. The van der Waals surface area contributed by atoms with E-state index in [0.717, 1.165) is 22.3 Å². The van der Waals surface area contributed by atoms with E-state index in [4.69, 9.17) is 14.9 Å². The lowest BCUT2D eigenvalue weighted by Gasteiger charge is -2.35. The van der Waals surface area contributed by atoms with E-state index < -0.39 is 5.41 Å². The Morgan fingerprint density at radius 2 is 2.00 bits per heavy atom. The second-order valence-corrected chi connectivity index (χ2v) is 6.38. The molecule has 1 aromatic carbocycles. The van der Waals surface area contributed by atoms with Crippen LogP contribution in [0.25, 0.3) is 11.0 Å². The SMILES string of the molecule is Cc1c(C(C)NC(=O)C2(CN)CCOCC2)oc2ccccc12.Cl. The number of furan rings is 1. The monoisotopic (exact) mass is 352 g/mol. The first-order chi connectivity index (χ1) is 11.1. The maximum Gasteiger partial charge on any atom is 0.228 e. The lowest BCUT2D eigenvalue weighted by Crippen LogP contribution is -2.49. The fourth-order valence-electron chi connectivity index (χ4n) is 3.31. The number of halogens is 1. The summed E-state index contributed by atoms with van der Waals surface area (Å²) in [6.07, 6.45) is 1.34. The zero-order valence-electron chi connectivity index (χ0n) is 14.1. The van der Waals surface area contributed by atoms with Crippen molar-refractivity contribution >= 4 is 29.3 Å². The summed E-state index contributed by atoms with van der Waals surface area (Å²) < 4.78 is 11.3. The van der Waals surface area contributed by atoms with Gasteiger partial charge in [0.2, 0.25) is 5.91 Å². The van der Waals surface area contributed by atoms with E-state index in [1.165, 1.54) is 0 Å². The molecule has 132 valence electrons. The number of fused-ring (bicyclic) bond motifs is 1.